The lowest BCUT2D eigenvalue weighted by Gasteiger charge is -2.15. The molecule has 0 fully saturated rings. The smallest absolute Gasteiger partial charge is 0.352 e. The van der Waals surface area contributed by atoms with Gasteiger partial charge in [0, 0.05) is 23.0 Å². The lowest BCUT2D eigenvalue weighted by molar-refractivity contribution is -0.137. The number of nitrogens with one attached hydrogen (secondary N) is 2. The summed E-state index contributed by atoms with van der Waals surface area (Å²) in [6.45, 7) is 2.20. The highest BCUT2D eigenvalue weighted by atomic mass is 16.5. The van der Waals surface area contributed by atoms with Crippen molar-refractivity contribution in [3.8, 4) is 0 Å². The fourth-order valence-electron chi connectivity index (χ4n) is 2.98. The van der Waals surface area contributed by atoms with Crippen LogP contribution < -0.4 is 0 Å². The number of fused-ring (bicyclic) bond motifs is 1. The summed E-state index contributed by atoms with van der Waals surface area (Å²) in [4.78, 5) is 15.5. The van der Waals surface area contributed by atoms with Crippen LogP contribution in [0.25, 0.3) is 10.9 Å². The van der Waals surface area contributed by atoms with E-state index in [2.05, 4.69) is 11.1 Å². The van der Waals surface area contributed by atoms with Crippen molar-refractivity contribution < 1.29 is 9.53 Å². The van der Waals surface area contributed by atoms with E-state index in [1.54, 1.807) is 0 Å². The van der Waals surface area contributed by atoms with Gasteiger partial charge in [-0.3, -0.25) is 5.41 Å². The molecule has 1 unspecified atom stereocenters. The topological polar surface area (TPSA) is 65.9 Å². The van der Waals surface area contributed by atoms with E-state index in [-0.39, 0.29) is 18.2 Å². The standard InChI is InChI=1S/C21H22N2O2/c1-2-16(12-17-13-23-19-11-7-6-10-18(17)19)20(22)21(24)25-14-15-8-4-3-5-9-15/h3-11,13,16,22-23H,2,12,14H2,1H3. The molecular weight excluding hydrogens is 312 g/mol. The maximum Gasteiger partial charge on any atom is 0.352 e. The number of rotatable bonds is 7. The average Bonchev–Trinajstić information content (AvgIpc) is 3.07. The van der Waals surface area contributed by atoms with Crippen LogP contribution in [-0.2, 0) is 22.6 Å². The number of hydrogen-bond donors (Lipinski definition) is 2. The summed E-state index contributed by atoms with van der Waals surface area (Å²) in [5.74, 6) is -0.682. The number of benzene rings is 2. The summed E-state index contributed by atoms with van der Waals surface area (Å²) < 4.78 is 5.31. The monoisotopic (exact) mass is 334 g/mol. The number of carbonyl (C=O) groups excluding carboxylic acids is 1. The normalized spacial score (nSPS) is 12.0. The molecule has 0 aliphatic rings. The Morgan fingerprint density at radius 1 is 1.12 bits per heavy atom. The van der Waals surface area contributed by atoms with Gasteiger partial charge in [-0.1, -0.05) is 55.5 Å². The lowest BCUT2D eigenvalue weighted by Crippen LogP contribution is -2.26. The first kappa shape index (κ1) is 17.0. The molecule has 0 spiro atoms. The van der Waals surface area contributed by atoms with Gasteiger partial charge >= 0.3 is 5.97 Å². The third-order valence-corrected chi connectivity index (χ3v) is 4.47. The molecule has 25 heavy (non-hydrogen) atoms. The first-order valence-electron chi connectivity index (χ1n) is 8.53. The van der Waals surface area contributed by atoms with Crippen LogP contribution in [0.15, 0.2) is 60.8 Å². The van der Waals surface area contributed by atoms with Gasteiger partial charge in [-0.15, -0.1) is 0 Å². The summed E-state index contributed by atoms with van der Waals surface area (Å²) in [7, 11) is 0. The van der Waals surface area contributed by atoms with Gasteiger partial charge < -0.3 is 9.72 Å². The van der Waals surface area contributed by atoms with Crippen molar-refractivity contribution in [2.24, 2.45) is 5.92 Å². The van der Waals surface area contributed by atoms with Gasteiger partial charge in [0.2, 0.25) is 0 Å². The highest BCUT2D eigenvalue weighted by Crippen LogP contribution is 2.23. The van der Waals surface area contributed by atoms with Crippen molar-refractivity contribution in [1.29, 1.82) is 5.41 Å². The quantitative estimate of drug-likeness (QED) is 0.493. The third-order valence-electron chi connectivity index (χ3n) is 4.47. The van der Waals surface area contributed by atoms with Crippen LogP contribution in [0.5, 0.6) is 0 Å². The predicted molar refractivity (Wildman–Crippen MR) is 99.7 cm³/mol. The SMILES string of the molecule is CCC(Cc1c[nH]c2ccccc12)C(=N)C(=O)OCc1ccccc1. The maximum atomic E-state index is 12.3. The van der Waals surface area contributed by atoms with Crippen molar-refractivity contribution >= 4 is 22.6 Å². The number of aromatic amines is 1. The Morgan fingerprint density at radius 3 is 2.60 bits per heavy atom. The molecule has 0 saturated heterocycles. The van der Waals surface area contributed by atoms with Crippen LogP contribution in [0.1, 0.15) is 24.5 Å². The first-order valence-corrected chi connectivity index (χ1v) is 8.53. The van der Waals surface area contributed by atoms with Crippen LogP contribution in [0.4, 0.5) is 0 Å². The molecule has 4 heteroatoms. The Kier molecular flexibility index (Phi) is 5.29. The van der Waals surface area contributed by atoms with Crippen molar-refractivity contribution in [2.45, 2.75) is 26.4 Å². The van der Waals surface area contributed by atoms with E-state index >= 15 is 0 Å². The zero-order valence-electron chi connectivity index (χ0n) is 14.3. The average molecular weight is 334 g/mol. The molecule has 0 amide bonds. The Hall–Kier alpha value is -2.88. The first-order chi connectivity index (χ1) is 12.2. The lowest BCUT2D eigenvalue weighted by atomic mass is 9.92. The summed E-state index contributed by atoms with van der Waals surface area (Å²) in [5, 5.41) is 9.39. The van der Waals surface area contributed by atoms with Crippen LogP contribution in [0.2, 0.25) is 0 Å². The number of carbonyl (C=O) groups is 1. The number of hydrogen-bond acceptors (Lipinski definition) is 3. The molecule has 2 aromatic carbocycles. The number of esters is 1. The predicted octanol–water partition coefficient (Wildman–Crippen LogP) is 4.50. The van der Waals surface area contributed by atoms with Crippen LogP contribution in [-0.4, -0.2) is 16.7 Å². The van der Waals surface area contributed by atoms with Crippen LogP contribution in [0, 0.1) is 11.3 Å². The number of para-hydroxylation sites is 1. The molecule has 2 N–H and O–H groups in total. The summed E-state index contributed by atoms with van der Waals surface area (Å²) in [6.07, 6.45) is 3.34. The maximum absolute atomic E-state index is 12.3. The van der Waals surface area contributed by atoms with E-state index in [1.807, 2.05) is 61.7 Å². The van der Waals surface area contributed by atoms with Gasteiger partial charge in [0.15, 0.2) is 0 Å². The second-order valence-electron chi connectivity index (χ2n) is 6.14. The van der Waals surface area contributed by atoms with Crippen molar-refractivity contribution in [2.75, 3.05) is 0 Å². The zero-order valence-corrected chi connectivity index (χ0v) is 14.3. The van der Waals surface area contributed by atoms with Crippen molar-refractivity contribution in [3.63, 3.8) is 0 Å². The fourth-order valence-corrected chi connectivity index (χ4v) is 2.98. The second kappa shape index (κ2) is 7.79. The Bertz CT molecular complexity index is 868. The van der Waals surface area contributed by atoms with E-state index in [9.17, 15) is 4.79 Å². The fraction of sp³-hybridized carbons (Fsp3) is 0.238. The summed E-state index contributed by atoms with van der Waals surface area (Å²) >= 11 is 0. The van der Waals surface area contributed by atoms with Gasteiger partial charge in [0.05, 0.1) is 0 Å². The molecular formula is C21H22N2O2. The van der Waals surface area contributed by atoms with Crippen LogP contribution >= 0.6 is 0 Å². The van der Waals surface area contributed by atoms with E-state index in [0.717, 1.165) is 28.5 Å². The van der Waals surface area contributed by atoms with Gasteiger partial charge in [-0.25, -0.2) is 4.79 Å². The highest BCUT2D eigenvalue weighted by molar-refractivity contribution is 6.35. The van der Waals surface area contributed by atoms with E-state index < -0.39 is 5.97 Å². The summed E-state index contributed by atoms with van der Waals surface area (Å²) in [6, 6.07) is 17.6. The van der Waals surface area contributed by atoms with Gasteiger partial charge in [-0.05, 0) is 30.0 Å². The Balaban J connectivity index is 1.65. The second-order valence-corrected chi connectivity index (χ2v) is 6.14. The Labute approximate surface area is 147 Å². The molecule has 0 aliphatic carbocycles. The molecule has 3 rings (SSSR count). The summed E-state index contributed by atoms with van der Waals surface area (Å²) in [5.41, 5.74) is 3.17. The van der Waals surface area contributed by atoms with Gasteiger partial charge in [0.1, 0.15) is 12.3 Å². The highest BCUT2D eigenvalue weighted by Gasteiger charge is 2.22. The molecule has 3 aromatic rings. The third kappa shape index (κ3) is 3.97. The molecule has 0 radical (unpaired) electrons. The number of H-pyrrole nitrogens is 1. The minimum Gasteiger partial charge on any atom is -0.456 e. The minimum atomic E-state index is -0.532. The number of ether oxygens (including phenoxy) is 1. The minimum absolute atomic E-state index is 0.0451. The molecule has 1 heterocycles. The van der Waals surface area contributed by atoms with E-state index in [1.165, 1.54) is 0 Å². The van der Waals surface area contributed by atoms with E-state index in [0.29, 0.717) is 6.42 Å². The number of aromatic nitrogens is 1. The zero-order chi connectivity index (χ0) is 17.6. The molecule has 128 valence electrons. The molecule has 0 bridgehead atoms. The molecule has 0 saturated carbocycles. The molecule has 0 aliphatic heterocycles. The van der Waals surface area contributed by atoms with E-state index in [4.69, 9.17) is 10.1 Å². The molecule has 1 aromatic heterocycles. The van der Waals surface area contributed by atoms with Gasteiger partial charge in [0.25, 0.3) is 0 Å². The van der Waals surface area contributed by atoms with Gasteiger partial charge in [-0.2, -0.15) is 0 Å². The van der Waals surface area contributed by atoms with Crippen LogP contribution in [0.3, 0.4) is 0 Å². The molecule has 4 nitrogen and oxygen atoms in total. The van der Waals surface area contributed by atoms with Crippen molar-refractivity contribution in [3.05, 3.63) is 71.9 Å². The molecule has 1 atom stereocenters. The van der Waals surface area contributed by atoms with Crippen molar-refractivity contribution in [1.82, 2.24) is 4.98 Å². The largest absolute Gasteiger partial charge is 0.456 e. The Morgan fingerprint density at radius 2 is 1.84 bits per heavy atom.